The van der Waals surface area contributed by atoms with Gasteiger partial charge in [0, 0.05) is 12.3 Å². The van der Waals surface area contributed by atoms with E-state index >= 15 is 0 Å². The molecule has 1 atom stereocenters. The number of halogens is 1. The second-order valence-electron chi connectivity index (χ2n) is 7.69. The first-order valence-corrected chi connectivity index (χ1v) is 11.6. The molecule has 1 aliphatic rings. The van der Waals surface area contributed by atoms with Gasteiger partial charge in [0.1, 0.15) is 18.4 Å². The Morgan fingerprint density at radius 1 is 0.941 bits per heavy atom. The van der Waals surface area contributed by atoms with Gasteiger partial charge in [-0.3, -0.25) is 0 Å². The third-order valence-corrected chi connectivity index (χ3v) is 5.88. The van der Waals surface area contributed by atoms with E-state index in [2.05, 4.69) is 9.50 Å². The summed E-state index contributed by atoms with van der Waals surface area (Å²) >= 11 is 0. The van der Waals surface area contributed by atoms with Crippen LogP contribution in [0.15, 0.2) is 72.8 Å². The zero-order chi connectivity index (χ0) is 24.3. The van der Waals surface area contributed by atoms with Crippen LogP contribution in [0.25, 0.3) is 11.1 Å². The lowest BCUT2D eigenvalue weighted by molar-refractivity contribution is -0.139. The summed E-state index contributed by atoms with van der Waals surface area (Å²) < 4.78 is 43.2. The highest BCUT2D eigenvalue weighted by Crippen LogP contribution is 2.44. The van der Waals surface area contributed by atoms with Gasteiger partial charge in [0.2, 0.25) is 0 Å². The minimum atomic E-state index is -5.16. The highest BCUT2D eigenvalue weighted by molar-refractivity contribution is 7.81. The van der Waals surface area contributed by atoms with Crippen molar-refractivity contribution in [3.63, 3.8) is 0 Å². The molecular formula is C24H20FNO7S. The van der Waals surface area contributed by atoms with Crippen LogP contribution in [0.3, 0.4) is 0 Å². The molecule has 3 aromatic carbocycles. The van der Waals surface area contributed by atoms with Crippen molar-refractivity contribution < 1.29 is 35.9 Å². The van der Waals surface area contributed by atoms with Crippen LogP contribution in [-0.2, 0) is 26.5 Å². The van der Waals surface area contributed by atoms with E-state index in [1.807, 2.05) is 48.5 Å². The number of amides is 1. The van der Waals surface area contributed by atoms with Gasteiger partial charge in [-0.05, 0) is 39.9 Å². The Balaban J connectivity index is 1.39. The molecule has 34 heavy (non-hydrogen) atoms. The molecule has 1 aliphatic carbocycles. The predicted molar refractivity (Wildman–Crippen MR) is 120 cm³/mol. The summed E-state index contributed by atoms with van der Waals surface area (Å²) in [6, 6.07) is 19.5. The molecule has 0 radical (unpaired) electrons. The van der Waals surface area contributed by atoms with Crippen LogP contribution < -0.4 is 9.50 Å². The van der Waals surface area contributed by atoms with Crippen LogP contribution in [0.4, 0.5) is 8.68 Å². The van der Waals surface area contributed by atoms with Crippen LogP contribution >= 0.6 is 0 Å². The van der Waals surface area contributed by atoms with E-state index < -0.39 is 28.6 Å². The average Bonchev–Trinajstić information content (AvgIpc) is 3.11. The summed E-state index contributed by atoms with van der Waals surface area (Å²) in [5.74, 6) is -1.71. The minimum absolute atomic E-state index is 0.0376. The molecule has 0 fully saturated rings. The number of rotatable bonds is 8. The number of hydrogen-bond acceptors (Lipinski definition) is 6. The van der Waals surface area contributed by atoms with Gasteiger partial charge in [-0.2, -0.15) is 8.42 Å². The number of carbonyl (C=O) groups is 2. The Kier molecular flexibility index (Phi) is 6.51. The number of ether oxygens (including phenoxy) is 1. The Hall–Kier alpha value is -3.92. The maximum absolute atomic E-state index is 12.6. The number of benzene rings is 3. The van der Waals surface area contributed by atoms with E-state index in [9.17, 15) is 27.0 Å². The molecule has 0 heterocycles. The van der Waals surface area contributed by atoms with Gasteiger partial charge in [-0.15, -0.1) is 0 Å². The van der Waals surface area contributed by atoms with E-state index in [0.29, 0.717) is 5.56 Å². The fourth-order valence-electron chi connectivity index (χ4n) is 4.01. The van der Waals surface area contributed by atoms with Gasteiger partial charge in [0.15, 0.2) is 0 Å². The summed E-state index contributed by atoms with van der Waals surface area (Å²) in [6.45, 7) is 0.0376. The van der Waals surface area contributed by atoms with Crippen molar-refractivity contribution in [2.75, 3.05) is 6.61 Å². The quantitative estimate of drug-likeness (QED) is 0.466. The number of alkyl carbamates (subject to hydrolysis) is 1. The van der Waals surface area contributed by atoms with Crippen molar-refractivity contribution in [3.8, 4) is 16.9 Å². The SMILES string of the molecule is O=C(N[C@@H](Cc1ccc(OS(=O)(=O)F)cc1)C(=O)O)OCC1c2ccccc2-c2ccccc21. The number of carboxylic acids is 1. The van der Waals surface area contributed by atoms with Crippen molar-refractivity contribution in [2.24, 2.45) is 0 Å². The van der Waals surface area contributed by atoms with Crippen LogP contribution in [-0.4, -0.2) is 38.2 Å². The topological polar surface area (TPSA) is 119 Å². The van der Waals surface area contributed by atoms with E-state index in [0.717, 1.165) is 22.3 Å². The van der Waals surface area contributed by atoms with E-state index in [1.54, 1.807) is 0 Å². The van der Waals surface area contributed by atoms with Crippen LogP contribution in [0.2, 0.25) is 0 Å². The molecule has 10 heteroatoms. The molecule has 0 aromatic heterocycles. The Morgan fingerprint density at radius 3 is 2.03 bits per heavy atom. The Labute approximate surface area is 195 Å². The molecule has 4 rings (SSSR count). The summed E-state index contributed by atoms with van der Waals surface area (Å²) in [5, 5.41) is 11.8. The zero-order valence-corrected chi connectivity index (χ0v) is 18.5. The molecule has 0 saturated carbocycles. The molecule has 2 N–H and O–H groups in total. The van der Waals surface area contributed by atoms with Gasteiger partial charge in [0.25, 0.3) is 0 Å². The maximum Gasteiger partial charge on any atom is 0.488 e. The fourth-order valence-corrected chi connectivity index (χ4v) is 4.36. The lowest BCUT2D eigenvalue weighted by Gasteiger charge is -2.17. The molecule has 0 saturated heterocycles. The third-order valence-electron chi connectivity index (χ3n) is 5.49. The Bertz CT molecular complexity index is 1280. The molecule has 0 unspecified atom stereocenters. The third kappa shape index (κ3) is 5.34. The fraction of sp³-hybridized carbons (Fsp3) is 0.167. The first-order chi connectivity index (χ1) is 16.2. The maximum atomic E-state index is 12.6. The van der Waals surface area contributed by atoms with Crippen LogP contribution in [0.1, 0.15) is 22.6 Å². The van der Waals surface area contributed by atoms with Gasteiger partial charge < -0.3 is 19.3 Å². The van der Waals surface area contributed by atoms with E-state index in [4.69, 9.17) is 4.74 Å². The van der Waals surface area contributed by atoms with E-state index in [-0.39, 0.29) is 24.7 Å². The standard InChI is InChI=1S/C24H20FNO7S/c25-34(30,31)33-16-11-9-15(10-12-16)13-22(23(27)28)26-24(29)32-14-21-19-7-3-1-5-17(19)18-6-2-4-8-20(18)21/h1-12,21-22H,13-14H2,(H,26,29)(H,27,28)/t22-/m0/s1. The highest BCUT2D eigenvalue weighted by atomic mass is 32.3. The highest BCUT2D eigenvalue weighted by Gasteiger charge is 2.29. The van der Waals surface area contributed by atoms with Gasteiger partial charge in [-0.25, -0.2) is 9.59 Å². The monoisotopic (exact) mass is 485 g/mol. The van der Waals surface area contributed by atoms with Crippen molar-refractivity contribution in [2.45, 2.75) is 18.4 Å². The summed E-state index contributed by atoms with van der Waals surface area (Å²) in [4.78, 5) is 24.1. The van der Waals surface area contributed by atoms with Crippen molar-refractivity contribution in [3.05, 3.63) is 89.5 Å². The molecular weight excluding hydrogens is 465 g/mol. The van der Waals surface area contributed by atoms with Gasteiger partial charge >= 0.3 is 22.6 Å². The summed E-state index contributed by atoms with van der Waals surface area (Å²) in [7, 11) is -5.16. The molecule has 3 aromatic rings. The number of carboxylic acid groups (broad SMARTS) is 1. The van der Waals surface area contributed by atoms with Crippen molar-refractivity contribution >= 4 is 22.6 Å². The number of nitrogens with one attached hydrogen (secondary N) is 1. The number of fused-ring (bicyclic) bond motifs is 3. The zero-order valence-electron chi connectivity index (χ0n) is 17.7. The second kappa shape index (κ2) is 9.52. The molecule has 0 bridgehead atoms. The summed E-state index contributed by atoms with van der Waals surface area (Å²) in [5.41, 5.74) is 4.66. The first-order valence-electron chi connectivity index (χ1n) is 10.3. The largest absolute Gasteiger partial charge is 0.488 e. The molecule has 176 valence electrons. The molecule has 0 aliphatic heterocycles. The number of carbonyl (C=O) groups excluding carboxylic acids is 1. The van der Waals surface area contributed by atoms with Gasteiger partial charge in [-0.1, -0.05) is 64.5 Å². The van der Waals surface area contributed by atoms with Crippen LogP contribution in [0, 0.1) is 0 Å². The van der Waals surface area contributed by atoms with Crippen LogP contribution in [0.5, 0.6) is 5.75 Å². The molecule has 8 nitrogen and oxygen atoms in total. The minimum Gasteiger partial charge on any atom is -0.480 e. The number of aliphatic carboxylic acids is 1. The lowest BCUT2D eigenvalue weighted by Crippen LogP contribution is -2.42. The normalized spacial score (nSPS) is 13.4. The van der Waals surface area contributed by atoms with Gasteiger partial charge in [0.05, 0.1) is 0 Å². The average molecular weight is 485 g/mol. The smallest absolute Gasteiger partial charge is 0.480 e. The molecule has 1 amide bonds. The first kappa shape index (κ1) is 23.2. The number of hydrogen-bond donors (Lipinski definition) is 2. The predicted octanol–water partition coefficient (Wildman–Crippen LogP) is 3.81. The second-order valence-corrected chi connectivity index (χ2v) is 8.64. The summed E-state index contributed by atoms with van der Waals surface area (Å²) in [6.07, 6.45) is -0.986. The van der Waals surface area contributed by atoms with E-state index in [1.165, 1.54) is 24.3 Å². The van der Waals surface area contributed by atoms with Crippen molar-refractivity contribution in [1.82, 2.24) is 5.32 Å². The Morgan fingerprint density at radius 2 is 1.50 bits per heavy atom. The lowest BCUT2D eigenvalue weighted by atomic mass is 9.98. The van der Waals surface area contributed by atoms with Crippen molar-refractivity contribution in [1.29, 1.82) is 0 Å². The molecule has 0 spiro atoms.